The minimum absolute atomic E-state index is 0.114. The van der Waals surface area contributed by atoms with Crippen LogP contribution in [0.1, 0.15) is 29.9 Å². The molecule has 2 saturated heterocycles. The van der Waals surface area contributed by atoms with Gasteiger partial charge in [-0.05, 0) is 24.0 Å². The summed E-state index contributed by atoms with van der Waals surface area (Å²) in [5, 5.41) is -0.569. The first-order chi connectivity index (χ1) is 14.1. The van der Waals surface area contributed by atoms with E-state index in [4.69, 9.17) is 0 Å². The molecular weight excluding hydrogens is 384 g/mol. The number of nitrogens with zero attached hydrogens (tertiary/aromatic N) is 2. The predicted octanol–water partition coefficient (Wildman–Crippen LogP) is 3.75. The fourth-order valence-electron chi connectivity index (χ4n) is 5.18. The molecule has 6 heteroatoms. The molecule has 29 heavy (non-hydrogen) atoms. The molecule has 5 nitrogen and oxygen atoms in total. The molecule has 2 fully saturated rings. The topological polar surface area (TPSA) is 57.7 Å². The van der Waals surface area contributed by atoms with E-state index >= 15 is 0 Å². The summed E-state index contributed by atoms with van der Waals surface area (Å²) in [6.45, 7) is 1.02. The third kappa shape index (κ3) is 2.97. The molecule has 3 aliphatic rings. The Morgan fingerprint density at radius 1 is 0.966 bits per heavy atom. The average molecular weight is 409 g/mol. The highest BCUT2D eigenvalue weighted by Crippen LogP contribution is 2.48. The summed E-state index contributed by atoms with van der Waals surface area (Å²) in [6, 6.07) is 18.9. The van der Waals surface area contributed by atoms with Crippen LogP contribution in [0.15, 0.2) is 72.8 Å². The van der Waals surface area contributed by atoms with Gasteiger partial charge in [-0.25, -0.2) is 17.5 Å². The molecule has 0 unspecified atom stereocenters. The molecular formula is C23H24N2O3S. The third-order valence-electron chi connectivity index (χ3n) is 6.49. The Labute approximate surface area is 171 Å². The minimum atomic E-state index is -3.73. The van der Waals surface area contributed by atoms with Gasteiger partial charge in [-0.1, -0.05) is 72.8 Å². The van der Waals surface area contributed by atoms with Gasteiger partial charge in [0.15, 0.2) is 0 Å². The Kier molecular flexibility index (Phi) is 4.46. The Morgan fingerprint density at radius 3 is 2.38 bits per heavy atom. The highest BCUT2D eigenvalue weighted by atomic mass is 32.2. The lowest BCUT2D eigenvalue weighted by Gasteiger charge is -2.37. The zero-order valence-corrected chi connectivity index (χ0v) is 16.9. The van der Waals surface area contributed by atoms with Gasteiger partial charge in [-0.2, -0.15) is 0 Å². The van der Waals surface area contributed by atoms with Gasteiger partial charge in [0, 0.05) is 24.9 Å². The number of carbonyl (C=O) groups excluding carboxylic acids is 1. The lowest BCUT2D eigenvalue weighted by Crippen LogP contribution is -2.53. The van der Waals surface area contributed by atoms with Crippen molar-refractivity contribution in [1.29, 1.82) is 0 Å². The first-order valence-corrected chi connectivity index (χ1v) is 11.7. The highest BCUT2D eigenvalue weighted by Gasteiger charge is 2.59. The second-order valence-corrected chi connectivity index (χ2v) is 10.1. The molecule has 1 aliphatic carbocycles. The first kappa shape index (κ1) is 18.4. The average Bonchev–Trinajstić information content (AvgIpc) is 2.99. The van der Waals surface area contributed by atoms with E-state index in [2.05, 4.69) is 6.08 Å². The molecule has 2 heterocycles. The molecule has 0 spiro atoms. The summed E-state index contributed by atoms with van der Waals surface area (Å²) in [7, 11) is -3.73. The van der Waals surface area contributed by atoms with Crippen LogP contribution >= 0.6 is 0 Å². The summed E-state index contributed by atoms with van der Waals surface area (Å²) in [5.41, 5.74) is 2.04. The van der Waals surface area contributed by atoms with Crippen molar-refractivity contribution in [3.63, 3.8) is 0 Å². The Hall–Kier alpha value is -2.60. The smallest absolute Gasteiger partial charge is 0.319 e. The van der Waals surface area contributed by atoms with Gasteiger partial charge < -0.3 is 4.90 Å². The van der Waals surface area contributed by atoms with Crippen LogP contribution in [0, 0.1) is 5.92 Å². The number of hydrogen-bond donors (Lipinski definition) is 0. The molecule has 2 aromatic rings. The van der Waals surface area contributed by atoms with Crippen molar-refractivity contribution in [2.24, 2.45) is 5.92 Å². The number of fused-ring (bicyclic) bond motifs is 3. The highest BCUT2D eigenvalue weighted by molar-refractivity contribution is 7.90. The van der Waals surface area contributed by atoms with Gasteiger partial charge in [0.2, 0.25) is 10.0 Å². The van der Waals surface area contributed by atoms with Gasteiger partial charge in [0.1, 0.15) is 0 Å². The second-order valence-electron chi connectivity index (χ2n) is 8.11. The van der Waals surface area contributed by atoms with Crippen molar-refractivity contribution in [3.05, 3.63) is 83.9 Å². The first-order valence-electron chi connectivity index (χ1n) is 10.1. The van der Waals surface area contributed by atoms with Crippen molar-refractivity contribution in [2.75, 3.05) is 6.54 Å². The fourth-order valence-corrected chi connectivity index (χ4v) is 7.76. The number of rotatable bonds is 3. The quantitative estimate of drug-likeness (QED) is 0.727. The standard InChI is InChI=1S/C23H24N2O3S/c26-23-24(16-17-8-3-1-4-9-17)15-14-21-20-13-7-12-19(18-10-5-2-6-11-18)22(20)29(27,28)25(21)23/h1-11,13,19-22H,12,14-16H2/t19-,20+,21+,22-/m1/s1. The number of urea groups is 1. The van der Waals surface area contributed by atoms with Crippen LogP contribution in [0.3, 0.4) is 0 Å². The van der Waals surface area contributed by atoms with E-state index in [0.29, 0.717) is 25.9 Å². The van der Waals surface area contributed by atoms with Crippen LogP contribution in [-0.4, -0.2) is 41.5 Å². The maximum atomic E-state index is 13.6. The molecule has 5 rings (SSSR count). The number of amides is 2. The van der Waals surface area contributed by atoms with Gasteiger partial charge in [-0.15, -0.1) is 0 Å². The van der Waals surface area contributed by atoms with E-state index in [1.165, 1.54) is 4.31 Å². The van der Waals surface area contributed by atoms with Crippen LogP contribution in [0.2, 0.25) is 0 Å². The zero-order valence-electron chi connectivity index (χ0n) is 16.1. The largest absolute Gasteiger partial charge is 0.334 e. The van der Waals surface area contributed by atoms with Crippen LogP contribution < -0.4 is 0 Å². The normalized spacial score (nSPS) is 30.1. The van der Waals surface area contributed by atoms with E-state index in [-0.39, 0.29) is 23.9 Å². The Bertz CT molecular complexity index is 1040. The van der Waals surface area contributed by atoms with E-state index in [0.717, 1.165) is 11.1 Å². The number of hydrogen-bond acceptors (Lipinski definition) is 3. The van der Waals surface area contributed by atoms with Crippen LogP contribution in [0.4, 0.5) is 4.79 Å². The third-order valence-corrected chi connectivity index (χ3v) is 8.79. The number of carbonyl (C=O) groups is 1. The fraction of sp³-hybridized carbons (Fsp3) is 0.348. The van der Waals surface area contributed by atoms with Gasteiger partial charge >= 0.3 is 6.03 Å². The van der Waals surface area contributed by atoms with E-state index in [1.807, 2.05) is 66.7 Å². The lowest BCUT2D eigenvalue weighted by atomic mass is 9.78. The Balaban J connectivity index is 1.48. The van der Waals surface area contributed by atoms with Crippen molar-refractivity contribution in [1.82, 2.24) is 9.21 Å². The molecule has 0 bridgehead atoms. The van der Waals surface area contributed by atoms with E-state index in [9.17, 15) is 13.2 Å². The summed E-state index contributed by atoms with van der Waals surface area (Å²) in [4.78, 5) is 14.9. The second kappa shape index (κ2) is 7.02. The van der Waals surface area contributed by atoms with Gasteiger partial charge in [0.05, 0.1) is 11.3 Å². The zero-order chi connectivity index (χ0) is 20.0. The molecule has 2 aliphatic heterocycles. The maximum absolute atomic E-state index is 13.6. The summed E-state index contributed by atoms with van der Waals surface area (Å²) < 4.78 is 28.4. The van der Waals surface area contributed by atoms with Crippen molar-refractivity contribution in [3.8, 4) is 0 Å². The summed E-state index contributed by atoms with van der Waals surface area (Å²) in [5.74, 6) is -0.251. The van der Waals surface area contributed by atoms with Crippen molar-refractivity contribution < 1.29 is 13.2 Å². The molecule has 0 radical (unpaired) electrons. The number of sulfonamides is 1. The number of benzene rings is 2. The maximum Gasteiger partial charge on any atom is 0.334 e. The summed E-state index contributed by atoms with van der Waals surface area (Å²) in [6.07, 6.45) is 5.49. The van der Waals surface area contributed by atoms with Crippen LogP contribution in [0.25, 0.3) is 0 Å². The Morgan fingerprint density at radius 2 is 1.66 bits per heavy atom. The molecule has 0 N–H and O–H groups in total. The van der Waals surface area contributed by atoms with E-state index in [1.54, 1.807) is 4.90 Å². The van der Waals surface area contributed by atoms with E-state index < -0.39 is 15.3 Å². The molecule has 0 saturated carbocycles. The lowest BCUT2D eigenvalue weighted by molar-refractivity contribution is 0.131. The molecule has 150 valence electrons. The van der Waals surface area contributed by atoms with Crippen LogP contribution in [-0.2, 0) is 16.6 Å². The number of allylic oxidation sites excluding steroid dienone is 1. The minimum Gasteiger partial charge on any atom is -0.319 e. The predicted molar refractivity (Wildman–Crippen MR) is 112 cm³/mol. The molecule has 2 amide bonds. The monoisotopic (exact) mass is 408 g/mol. The molecule has 4 atom stereocenters. The summed E-state index contributed by atoms with van der Waals surface area (Å²) >= 11 is 0. The molecule has 0 aromatic heterocycles. The van der Waals surface area contributed by atoms with Gasteiger partial charge in [0.25, 0.3) is 0 Å². The van der Waals surface area contributed by atoms with Crippen molar-refractivity contribution in [2.45, 2.75) is 36.6 Å². The van der Waals surface area contributed by atoms with Gasteiger partial charge in [-0.3, -0.25) is 0 Å². The van der Waals surface area contributed by atoms with Crippen LogP contribution in [0.5, 0.6) is 0 Å². The van der Waals surface area contributed by atoms with Crippen molar-refractivity contribution >= 4 is 16.1 Å². The SMILES string of the molecule is O=C1N(Cc2ccccc2)CC[C@H]2[C@@H]3C=CC[C@H](c4ccccc4)[C@H]3S(=O)(=O)N12. The molecule has 2 aromatic carbocycles.